The summed E-state index contributed by atoms with van der Waals surface area (Å²) >= 11 is 2.22. The number of halogens is 1. The molecule has 42 heavy (non-hydrogen) atoms. The number of hydrogen-bond donors (Lipinski definition) is 0. The fourth-order valence-corrected chi connectivity index (χ4v) is 9.04. The second kappa shape index (κ2) is 23.2. The van der Waals surface area contributed by atoms with E-state index in [0.717, 1.165) is 21.7 Å². The molecule has 0 N–H and O–H groups in total. The van der Waals surface area contributed by atoms with Crippen LogP contribution in [-0.2, 0) is 50.7 Å². The van der Waals surface area contributed by atoms with Gasteiger partial charge in [0, 0.05) is 14.2 Å². The van der Waals surface area contributed by atoms with Crippen molar-refractivity contribution in [3.8, 4) is 5.75 Å². The molecule has 0 bridgehead atoms. The molecule has 0 amide bonds. The van der Waals surface area contributed by atoms with Crippen molar-refractivity contribution in [2.45, 2.75) is 0 Å². The van der Waals surface area contributed by atoms with E-state index in [9.17, 15) is 4.57 Å². The SMILES string of the molecule is COCCOCCOP(=O)(OCCOCCOC)c1ccccc1[PH+](c1ccccc1)c1ccccc1OC.[CH3-].[Cl][Pd+]. The fourth-order valence-electron chi connectivity index (χ4n) is 3.93. The Morgan fingerprint density at radius 3 is 1.67 bits per heavy atom. The molecule has 1 unspecified atom stereocenters. The van der Waals surface area contributed by atoms with Gasteiger partial charge in [0.05, 0.1) is 60.0 Å². The molecule has 8 nitrogen and oxygen atoms in total. The van der Waals surface area contributed by atoms with Crippen LogP contribution in [0.4, 0.5) is 0 Å². The van der Waals surface area contributed by atoms with E-state index >= 15 is 0 Å². The van der Waals surface area contributed by atoms with Crippen LogP contribution in [0.2, 0.25) is 0 Å². The van der Waals surface area contributed by atoms with Crippen molar-refractivity contribution in [2.75, 3.05) is 74.2 Å². The minimum atomic E-state index is -3.78. The van der Waals surface area contributed by atoms with Gasteiger partial charge in [-0.25, -0.2) is 0 Å². The molecule has 3 rings (SSSR count). The Morgan fingerprint density at radius 2 is 1.12 bits per heavy atom. The monoisotopic (exact) mass is 733 g/mol. The van der Waals surface area contributed by atoms with Gasteiger partial charge >= 0.3 is 35.3 Å². The van der Waals surface area contributed by atoms with Gasteiger partial charge < -0.3 is 40.2 Å². The molecule has 1 atom stereocenters. The number of ether oxygens (including phenoxy) is 5. The molecular weight excluding hydrogens is 692 g/mol. The van der Waals surface area contributed by atoms with Gasteiger partial charge in [0.1, 0.15) is 29.1 Å². The standard InChI is InChI=1S/C29H38O8P2.CH3.ClH.Pd/c1-31-17-19-34-21-23-36-39(30,37-24-22-35-20-18-32-2)29-16-10-9-15-28(29)38(25-11-5-4-6-12-25)27-14-8-7-13-26(27)33-3;;;/h4-16H,17-24H2,1-3H3;1H3;1H;/q;-1;;+2. The van der Waals surface area contributed by atoms with E-state index in [0.29, 0.717) is 31.7 Å². The molecule has 0 aliphatic carbocycles. The second-order valence-electron chi connectivity index (χ2n) is 8.33. The van der Waals surface area contributed by atoms with Gasteiger partial charge in [0.2, 0.25) is 0 Å². The van der Waals surface area contributed by atoms with Crippen LogP contribution in [-0.4, -0.2) is 74.2 Å². The third-order valence-corrected chi connectivity index (χ3v) is 10.8. The first kappa shape index (κ1) is 38.9. The summed E-state index contributed by atoms with van der Waals surface area (Å²) in [6.07, 6.45) is 0. The van der Waals surface area contributed by atoms with E-state index in [1.807, 2.05) is 60.7 Å². The zero-order valence-electron chi connectivity index (χ0n) is 24.6. The molecule has 0 aliphatic heterocycles. The molecule has 0 aliphatic rings. The Hall–Kier alpha value is -1.17. The van der Waals surface area contributed by atoms with Gasteiger partial charge in [-0.3, -0.25) is 4.57 Å². The summed E-state index contributed by atoms with van der Waals surface area (Å²) in [7, 11) is 3.94. The number of para-hydroxylation sites is 1. The molecule has 3 aromatic carbocycles. The molecule has 0 spiro atoms. The first-order valence-electron chi connectivity index (χ1n) is 12.9. The topological polar surface area (TPSA) is 81.7 Å². The van der Waals surface area contributed by atoms with Gasteiger partial charge in [-0.2, -0.15) is 0 Å². The number of methoxy groups -OCH3 is 3. The van der Waals surface area contributed by atoms with Crippen molar-refractivity contribution in [1.82, 2.24) is 0 Å². The Morgan fingerprint density at radius 1 is 0.643 bits per heavy atom. The molecular formula is C30H42ClO8P2Pd+. The van der Waals surface area contributed by atoms with Crippen LogP contribution in [0.15, 0.2) is 78.9 Å². The predicted octanol–water partition coefficient (Wildman–Crippen LogP) is 4.50. The molecule has 12 heteroatoms. The summed E-state index contributed by atoms with van der Waals surface area (Å²) in [6.45, 7) is 2.49. The van der Waals surface area contributed by atoms with E-state index in [1.165, 1.54) is 0 Å². The normalized spacial score (nSPS) is 11.7. The molecule has 0 saturated carbocycles. The Kier molecular flexibility index (Phi) is 21.5. The van der Waals surface area contributed by atoms with Crippen molar-refractivity contribution in [3.05, 3.63) is 86.3 Å². The van der Waals surface area contributed by atoms with Gasteiger partial charge in [-0.1, -0.05) is 42.5 Å². The Balaban J connectivity index is 0.00000288. The first-order valence-corrected chi connectivity index (χ1v) is 18.0. The van der Waals surface area contributed by atoms with Gasteiger partial charge in [-0.05, 0) is 36.4 Å². The summed E-state index contributed by atoms with van der Waals surface area (Å²) in [6, 6.07) is 25.8. The summed E-state index contributed by atoms with van der Waals surface area (Å²) < 4.78 is 53.4. The van der Waals surface area contributed by atoms with E-state index < -0.39 is 15.5 Å². The average molecular weight is 734 g/mol. The third kappa shape index (κ3) is 12.4. The van der Waals surface area contributed by atoms with Gasteiger partial charge in [0.15, 0.2) is 5.75 Å². The molecule has 0 aromatic heterocycles. The summed E-state index contributed by atoms with van der Waals surface area (Å²) in [5.41, 5.74) is 0. The maximum absolute atomic E-state index is 14.5. The van der Waals surface area contributed by atoms with Crippen molar-refractivity contribution >= 4 is 46.3 Å². The van der Waals surface area contributed by atoms with Crippen molar-refractivity contribution in [1.29, 1.82) is 0 Å². The third-order valence-electron chi connectivity index (χ3n) is 5.75. The first-order chi connectivity index (χ1) is 20.1. The van der Waals surface area contributed by atoms with Crippen LogP contribution >= 0.6 is 25.0 Å². The zero-order valence-corrected chi connectivity index (χ0v) is 28.8. The molecule has 0 radical (unpaired) electrons. The number of hydrogen-bond acceptors (Lipinski definition) is 8. The van der Waals surface area contributed by atoms with Gasteiger partial charge in [-0.15, -0.1) is 0 Å². The van der Waals surface area contributed by atoms with Crippen molar-refractivity contribution < 1.29 is 55.5 Å². The van der Waals surface area contributed by atoms with Crippen molar-refractivity contribution in [3.63, 3.8) is 0 Å². The second-order valence-corrected chi connectivity index (χ2v) is 12.7. The minimum absolute atomic E-state index is 0. The van der Waals surface area contributed by atoms with Gasteiger partial charge in [0.25, 0.3) is 0 Å². The van der Waals surface area contributed by atoms with Crippen LogP contribution < -0.4 is 26.0 Å². The molecule has 0 heterocycles. The summed E-state index contributed by atoms with van der Waals surface area (Å²) in [5.74, 6) is 0.778. The quantitative estimate of drug-likeness (QED) is 0.0772. The van der Waals surface area contributed by atoms with Crippen LogP contribution in [0.5, 0.6) is 5.75 Å². The molecule has 0 saturated heterocycles. The molecule has 0 fully saturated rings. The number of benzene rings is 3. The average Bonchev–Trinajstić information content (AvgIpc) is 3.03. The predicted molar refractivity (Wildman–Crippen MR) is 170 cm³/mol. The van der Waals surface area contributed by atoms with E-state index in [2.05, 4.69) is 45.9 Å². The van der Waals surface area contributed by atoms with E-state index in [4.69, 9.17) is 32.7 Å². The summed E-state index contributed by atoms with van der Waals surface area (Å²) in [5, 5.41) is 3.60. The molecule has 236 valence electrons. The van der Waals surface area contributed by atoms with E-state index in [1.54, 1.807) is 21.3 Å². The van der Waals surface area contributed by atoms with Crippen LogP contribution in [0.25, 0.3) is 0 Å². The van der Waals surface area contributed by atoms with Crippen LogP contribution in [0.3, 0.4) is 0 Å². The zero-order chi connectivity index (χ0) is 29.8. The van der Waals surface area contributed by atoms with Crippen LogP contribution in [0, 0.1) is 7.43 Å². The maximum atomic E-state index is 14.5. The number of rotatable bonds is 19. The fraction of sp³-hybridized carbons (Fsp3) is 0.367. The molecule has 3 aromatic rings. The Labute approximate surface area is 267 Å². The summed E-state index contributed by atoms with van der Waals surface area (Å²) in [4.78, 5) is 0. The van der Waals surface area contributed by atoms with E-state index in [-0.39, 0.29) is 33.9 Å². The van der Waals surface area contributed by atoms with Crippen molar-refractivity contribution in [2.24, 2.45) is 0 Å². The Bertz CT molecular complexity index is 1140. The van der Waals surface area contributed by atoms with Crippen LogP contribution in [0.1, 0.15) is 0 Å².